The summed E-state index contributed by atoms with van der Waals surface area (Å²) >= 11 is 3.37. The molecule has 66 valence electrons. The summed E-state index contributed by atoms with van der Waals surface area (Å²) in [4.78, 5) is 4.15. The van der Waals surface area contributed by atoms with Crippen LogP contribution < -0.4 is 11.5 Å². The number of hydrogen-bond donors (Lipinski definition) is 2. The monoisotopic (exact) mass is 229 g/mol. The molecule has 3 nitrogen and oxygen atoms in total. The average Bonchev–Trinajstić information content (AvgIpc) is 1.96. The first-order valence-electron chi connectivity index (χ1n) is 3.70. The number of halogens is 1. The Morgan fingerprint density at radius 2 is 2.17 bits per heavy atom. The highest BCUT2D eigenvalue weighted by Crippen LogP contribution is 2.23. The van der Waals surface area contributed by atoms with Gasteiger partial charge in [0.1, 0.15) is 5.82 Å². The fourth-order valence-electron chi connectivity index (χ4n) is 0.978. The van der Waals surface area contributed by atoms with Crippen LogP contribution in [0.3, 0.4) is 0 Å². The largest absolute Gasteiger partial charge is 0.383 e. The van der Waals surface area contributed by atoms with Crippen LogP contribution >= 0.6 is 15.9 Å². The molecule has 0 fully saturated rings. The molecule has 4 heteroatoms. The van der Waals surface area contributed by atoms with E-state index in [2.05, 4.69) is 20.9 Å². The van der Waals surface area contributed by atoms with E-state index in [0.717, 1.165) is 15.7 Å². The van der Waals surface area contributed by atoms with E-state index in [-0.39, 0.29) is 6.04 Å². The highest BCUT2D eigenvalue weighted by atomic mass is 79.9. The van der Waals surface area contributed by atoms with Crippen molar-refractivity contribution in [1.29, 1.82) is 0 Å². The number of nitrogen functional groups attached to an aromatic ring is 1. The van der Waals surface area contributed by atoms with Crippen LogP contribution in [0.5, 0.6) is 0 Å². The number of nitrogens with zero attached hydrogens (tertiary/aromatic N) is 1. The smallest absolute Gasteiger partial charge is 0.128 e. The van der Waals surface area contributed by atoms with Crippen LogP contribution in [0.2, 0.25) is 0 Å². The number of pyridine rings is 1. The Bertz CT molecular complexity index is 297. The van der Waals surface area contributed by atoms with Gasteiger partial charge in [0.2, 0.25) is 0 Å². The maximum atomic E-state index is 5.69. The van der Waals surface area contributed by atoms with E-state index in [4.69, 9.17) is 11.5 Å². The van der Waals surface area contributed by atoms with Gasteiger partial charge in [-0.15, -0.1) is 0 Å². The maximum Gasteiger partial charge on any atom is 0.128 e. The van der Waals surface area contributed by atoms with Gasteiger partial charge in [0.25, 0.3) is 0 Å². The van der Waals surface area contributed by atoms with Crippen molar-refractivity contribution in [3.8, 4) is 0 Å². The van der Waals surface area contributed by atoms with Gasteiger partial charge in [-0.2, -0.15) is 0 Å². The highest BCUT2D eigenvalue weighted by molar-refractivity contribution is 9.10. The summed E-state index contributed by atoms with van der Waals surface area (Å²) < 4.78 is 0.948. The van der Waals surface area contributed by atoms with Gasteiger partial charge in [-0.05, 0) is 35.8 Å². The average molecular weight is 230 g/mol. The number of hydrogen-bond acceptors (Lipinski definition) is 3. The zero-order valence-corrected chi connectivity index (χ0v) is 8.72. The van der Waals surface area contributed by atoms with E-state index in [1.165, 1.54) is 0 Å². The molecule has 0 aromatic carbocycles. The lowest BCUT2D eigenvalue weighted by Gasteiger charge is -2.10. The Morgan fingerprint density at radius 3 is 2.67 bits per heavy atom. The zero-order valence-electron chi connectivity index (χ0n) is 7.13. The Hall–Kier alpha value is -0.610. The lowest BCUT2D eigenvalue weighted by atomic mass is 10.1. The van der Waals surface area contributed by atoms with Gasteiger partial charge in [-0.25, -0.2) is 4.98 Å². The molecule has 0 amide bonds. The lowest BCUT2D eigenvalue weighted by molar-refractivity contribution is 0.813. The SMILES string of the molecule is Cc1nc(N)c([C@H](C)N)cc1Br. The molecule has 1 aromatic rings. The minimum atomic E-state index is -0.0746. The summed E-state index contributed by atoms with van der Waals surface area (Å²) in [6.07, 6.45) is 0. The molecule has 0 aliphatic heterocycles. The maximum absolute atomic E-state index is 5.69. The number of rotatable bonds is 1. The van der Waals surface area contributed by atoms with Crippen LogP contribution in [0.15, 0.2) is 10.5 Å². The number of aromatic nitrogens is 1. The van der Waals surface area contributed by atoms with Crippen molar-refractivity contribution in [2.45, 2.75) is 19.9 Å². The molecule has 0 unspecified atom stereocenters. The third kappa shape index (κ3) is 1.76. The van der Waals surface area contributed by atoms with Crippen molar-refractivity contribution in [3.63, 3.8) is 0 Å². The van der Waals surface area contributed by atoms with Crippen LogP contribution in [-0.4, -0.2) is 4.98 Å². The second-order valence-corrected chi connectivity index (χ2v) is 3.67. The third-order valence-electron chi connectivity index (χ3n) is 1.70. The van der Waals surface area contributed by atoms with Crippen molar-refractivity contribution >= 4 is 21.7 Å². The van der Waals surface area contributed by atoms with E-state index in [1.807, 2.05) is 19.9 Å². The molecule has 0 aliphatic rings. The third-order valence-corrected chi connectivity index (χ3v) is 2.51. The minimum absolute atomic E-state index is 0.0746. The van der Waals surface area contributed by atoms with E-state index >= 15 is 0 Å². The molecular formula is C8H12BrN3. The molecule has 0 saturated heterocycles. The second-order valence-electron chi connectivity index (χ2n) is 2.82. The van der Waals surface area contributed by atoms with Gasteiger partial charge in [0.15, 0.2) is 0 Å². The fraction of sp³-hybridized carbons (Fsp3) is 0.375. The molecule has 0 spiro atoms. The number of aryl methyl sites for hydroxylation is 1. The van der Waals surface area contributed by atoms with Crippen molar-refractivity contribution < 1.29 is 0 Å². The molecule has 1 aromatic heterocycles. The van der Waals surface area contributed by atoms with Crippen LogP contribution in [0.25, 0.3) is 0 Å². The Morgan fingerprint density at radius 1 is 1.58 bits per heavy atom. The molecule has 0 bridgehead atoms. The first-order valence-corrected chi connectivity index (χ1v) is 4.49. The van der Waals surface area contributed by atoms with E-state index in [9.17, 15) is 0 Å². The van der Waals surface area contributed by atoms with E-state index in [1.54, 1.807) is 0 Å². The summed E-state index contributed by atoms with van der Waals surface area (Å²) in [6, 6.07) is 1.84. The quantitative estimate of drug-likeness (QED) is 0.772. The summed E-state index contributed by atoms with van der Waals surface area (Å²) in [5.74, 6) is 0.519. The van der Waals surface area contributed by atoms with Gasteiger partial charge in [-0.3, -0.25) is 0 Å². The van der Waals surface area contributed by atoms with Crippen LogP contribution in [-0.2, 0) is 0 Å². The molecule has 1 rings (SSSR count). The van der Waals surface area contributed by atoms with Gasteiger partial charge in [0, 0.05) is 16.1 Å². The normalized spacial score (nSPS) is 13.0. The first kappa shape index (κ1) is 9.48. The number of nitrogens with two attached hydrogens (primary N) is 2. The molecule has 4 N–H and O–H groups in total. The van der Waals surface area contributed by atoms with Crippen molar-refractivity contribution in [1.82, 2.24) is 4.98 Å². The predicted octanol–water partition coefficient (Wildman–Crippen LogP) is 1.75. The number of anilines is 1. The van der Waals surface area contributed by atoms with E-state index in [0.29, 0.717) is 5.82 Å². The first-order chi connectivity index (χ1) is 5.52. The van der Waals surface area contributed by atoms with Gasteiger partial charge < -0.3 is 11.5 Å². The summed E-state index contributed by atoms with van der Waals surface area (Å²) in [5, 5.41) is 0. The summed E-state index contributed by atoms with van der Waals surface area (Å²) in [6.45, 7) is 3.78. The molecule has 1 atom stereocenters. The standard InChI is InChI=1S/C8H12BrN3/c1-4(10)6-3-7(9)5(2)12-8(6)11/h3-4H,10H2,1-2H3,(H2,11,12)/t4-/m0/s1. The van der Waals surface area contributed by atoms with E-state index < -0.39 is 0 Å². The van der Waals surface area contributed by atoms with Gasteiger partial charge in [-0.1, -0.05) is 0 Å². The molecule has 0 saturated carbocycles. The van der Waals surface area contributed by atoms with Crippen molar-refractivity contribution in [3.05, 3.63) is 21.8 Å². The van der Waals surface area contributed by atoms with Crippen molar-refractivity contribution in [2.75, 3.05) is 5.73 Å². The summed E-state index contributed by atoms with van der Waals surface area (Å²) in [7, 11) is 0. The fourth-order valence-corrected chi connectivity index (χ4v) is 1.31. The van der Waals surface area contributed by atoms with Crippen molar-refractivity contribution in [2.24, 2.45) is 5.73 Å². The topological polar surface area (TPSA) is 64.9 Å². The minimum Gasteiger partial charge on any atom is -0.383 e. The lowest BCUT2D eigenvalue weighted by Crippen LogP contribution is -2.10. The van der Waals surface area contributed by atoms with Gasteiger partial charge in [0.05, 0.1) is 5.69 Å². The Labute approximate surface area is 80.3 Å². The molecule has 0 aliphatic carbocycles. The predicted molar refractivity (Wildman–Crippen MR) is 53.7 cm³/mol. The van der Waals surface area contributed by atoms with Crippen LogP contribution in [0.1, 0.15) is 24.2 Å². The highest BCUT2D eigenvalue weighted by Gasteiger charge is 2.07. The zero-order chi connectivity index (χ0) is 9.30. The second kappa shape index (κ2) is 3.41. The molecule has 1 heterocycles. The Balaban J connectivity index is 3.23. The molecule has 12 heavy (non-hydrogen) atoms. The molecule has 0 radical (unpaired) electrons. The summed E-state index contributed by atoms with van der Waals surface area (Å²) in [5.41, 5.74) is 13.1. The molecular weight excluding hydrogens is 218 g/mol. The van der Waals surface area contributed by atoms with Crippen LogP contribution in [0, 0.1) is 6.92 Å². The van der Waals surface area contributed by atoms with Crippen LogP contribution in [0.4, 0.5) is 5.82 Å². The van der Waals surface area contributed by atoms with Gasteiger partial charge >= 0.3 is 0 Å². The Kier molecular flexibility index (Phi) is 2.69.